The molecule has 3 rings (SSSR count). The number of ether oxygens (including phenoxy) is 1. The van der Waals surface area contributed by atoms with Crippen molar-refractivity contribution in [3.63, 3.8) is 0 Å². The van der Waals surface area contributed by atoms with Gasteiger partial charge in [0.25, 0.3) is 0 Å². The van der Waals surface area contributed by atoms with Crippen LogP contribution in [0.25, 0.3) is 10.8 Å². The summed E-state index contributed by atoms with van der Waals surface area (Å²) in [6.07, 6.45) is 1.27. The van der Waals surface area contributed by atoms with Crippen molar-refractivity contribution in [3.8, 4) is 0 Å². The maximum Gasteiger partial charge on any atom is 0.106 e. The lowest BCUT2D eigenvalue weighted by Crippen LogP contribution is -2.17. The molecule has 1 N–H and O–H groups in total. The third-order valence-corrected chi connectivity index (χ3v) is 3.87. The highest BCUT2D eigenvalue weighted by molar-refractivity contribution is 6.35. The summed E-state index contributed by atoms with van der Waals surface area (Å²) in [4.78, 5) is 0. The van der Waals surface area contributed by atoms with Crippen molar-refractivity contribution in [2.75, 3.05) is 6.61 Å². The van der Waals surface area contributed by atoms with Gasteiger partial charge in [0.15, 0.2) is 0 Å². The van der Waals surface area contributed by atoms with E-state index < -0.39 is 6.10 Å². The number of rotatable bonds is 2. The molecule has 0 saturated carbocycles. The summed E-state index contributed by atoms with van der Waals surface area (Å²) >= 11 is 6.18. The Morgan fingerprint density at radius 3 is 2.67 bits per heavy atom. The molecule has 0 radical (unpaired) electrons. The van der Waals surface area contributed by atoms with Crippen LogP contribution in [-0.2, 0) is 4.74 Å². The smallest absolute Gasteiger partial charge is 0.106 e. The van der Waals surface area contributed by atoms with Gasteiger partial charge in [-0.1, -0.05) is 41.9 Å². The molecule has 0 aromatic heterocycles. The number of aliphatic hydroxyl groups excluding tert-OH is 1. The highest BCUT2D eigenvalue weighted by atomic mass is 35.5. The molecule has 2 nitrogen and oxygen atoms in total. The average molecular weight is 263 g/mol. The standard InChI is InChI=1S/C15H15ClO2/c16-13-8-7-12(10-4-1-2-5-11(10)13)15(17)14-6-3-9-18-14/h1-2,4-5,7-8,14-15,17H,3,6,9H2. The molecule has 0 amide bonds. The molecule has 3 heteroatoms. The predicted octanol–water partition coefficient (Wildman–Crippen LogP) is 3.71. The van der Waals surface area contributed by atoms with Crippen LogP contribution in [0.1, 0.15) is 24.5 Å². The number of halogens is 1. The first-order valence-electron chi connectivity index (χ1n) is 6.24. The Balaban J connectivity index is 2.08. The lowest BCUT2D eigenvalue weighted by atomic mass is 9.96. The van der Waals surface area contributed by atoms with Crippen LogP contribution >= 0.6 is 11.6 Å². The SMILES string of the molecule is OC(c1ccc(Cl)c2ccccc12)C1CCCO1. The van der Waals surface area contributed by atoms with Crippen molar-refractivity contribution in [2.45, 2.75) is 25.0 Å². The van der Waals surface area contributed by atoms with Gasteiger partial charge in [-0.2, -0.15) is 0 Å². The molecule has 18 heavy (non-hydrogen) atoms. The van der Waals surface area contributed by atoms with Crippen molar-refractivity contribution >= 4 is 22.4 Å². The van der Waals surface area contributed by atoms with Crippen LogP contribution in [-0.4, -0.2) is 17.8 Å². The molecule has 1 heterocycles. The zero-order valence-electron chi connectivity index (χ0n) is 9.97. The normalized spacial score (nSPS) is 21.3. The second kappa shape index (κ2) is 4.88. The summed E-state index contributed by atoms with van der Waals surface area (Å²) < 4.78 is 5.57. The first kappa shape index (κ1) is 12.0. The molecule has 94 valence electrons. The van der Waals surface area contributed by atoms with E-state index in [1.54, 1.807) is 0 Å². The van der Waals surface area contributed by atoms with E-state index in [1.165, 1.54) is 0 Å². The molecule has 2 aromatic carbocycles. The highest BCUT2D eigenvalue weighted by Gasteiger charge is 2.26. The van der Waals surface area contributed by atoms with E-state index in [0.717, 1.165) is 35.8 Å². The Morgan fingerprint density at radius 1 is 1.17 bits per heavy atom. The van der Waals surface area contributed by atoms with Gasteiger partial charge in [-0.3, -0.25) is 0 Å². The van der Waals surface area contributed by atoms with Gasteiger partial charge in [0.2, 0.25) is 0 Å². The second-order valence-electron chi connectivity index (χ2n) is 4.68. The summed E-state index contributed by atoms with van der Waals surface area (Å²) in [6, 6.07) is 11.6. The summed E-state index contributed by atoms with van der Waals surface area (Å²) in [6.45, 7) is 0.743. The summed E-state index contributed by atoms with van der Waals surface area (Å²) in [7, 11) is 0. The van der Waals surface area contributed by atoms with Crippen molar-refractivity contribution in [2.24, 2.45) is 0 Å². The molecule has 2 atom stereocenters. The van der Waals surface area contributed by atoms with Crippen molar-refractivity contribution in [3.05, 3.63) is 47.0 Å². The minimum Gasteiger partial charge on any atom is -0.386 e. The zero-order valence-corrected chi connectivity index (χ0v) is 10.7. The Morgan fingerprint density at radius 2 is 1.94 bits per heavy atom. The van der Waals surface area contributed by atoms with Crippen LogP contribution < -0.4 is 0 Å². The van der Waals surface area contributed by atoms with E-state index in [2.05, 4.69) is 0 Å². The van der Waals surface area contributed by atoms with Gasteiger partial charge < -0.3 is 9.84 Å². The fraction of sp³-hybridized carbons (Fsp3) is 0.333. The number of hydrogen-bond donors (Lipinski definition) is 1. The van der Waals surface area contributed by atoms with Gasteiger partial charge in [0, 0.05) is 17.0 Å². The fourth-order valence-corrected chi connectivity index (χ4v) is 2.82. The Labute approximate surface area is 111 Å². The quantitative estimate of drug-likeness (QED) is 0.894. The minimum atomic E-state index is -0.574. The second-order valence-corrected chi connectivity index (χ2v) is 5.09. The summed E-state index contributed by atoms with van der Waals surface area (Å²) in [5, 5.41) is 13.1. The summed E-state index contributed by atoms with van der Waals surface area (Å²) in [5.74, 6) is 0. The van der Waals surface area contributed by atoms with Crippen LogP contribution in [0, 0.1) is 0 Å². The van der Waals surface area contributed by atoms with E-state index in [9.17, 15) is 5.11 Å². The summed E-state index contributed by atoms with van der Waals surface area (Å²) in [5.41, 5.74) is 0.905. The Bertz CT molecular complexity index is 561. The van der Waals surface area contributed by atoms with Crippen LogP contribution in [0.4, 0.5) is 0 Å². The van der Waals surface area contributed by atoms with Gasteiger partial charge in [0.05, 0.1) is 6.10 Å². The number of benzene rings is 2. The third-order valence-electron chi connectivity index (χ3n) is 3.54. The molecule has 1 fully saturated rings. The van der Waals surface area contributed by atoms with Gasteiger partial charge >= 0.3 is 0 Å². The fourth-order valence-electron chi connectivity index (χ4n) is 2.60. The molecule has 2 unspecified atom stereocenters. The lowest BCUT2D eigenvalue weighted by Gasteiger charge is -2.19. The molecule has 1 aliphatic heterocycles. The molecular weight excluding hydrogens is 248 g/mol. The third kappa shape index (κ3) is 2.01. The van der Waals surface area contributed by atoms with E-state index >= 15 is 0 Å². The molecule has 1 saturated heterocycles. The van der Waals surface area contributed by atoms with E-state index in [4.69, 9.17) is 16.3 Å². The van der Waals surface area contributed by atoms with Crippen molar-refractivity contribution in [1.82, 2.24) is 0 Å². The maximum absolute atomic E-state index is 10.4. The number of fused-ring (bicyclic) bond motifs is 1. The molecule has 0 bridgehead atoms. The van der Waals surface area contributed by atoms with E-state index in [1.807, 2.05) is 36.4 Å². The minimum absolute atomic E-state index is 0.0884. The molecular formula is C15H15ClO2. The maximum atomic E-state index is 10.4. The van der Waals surface area contributed by atoms with Gasteiger partial charge in [-0.15, -0.1) is 0 Å². The molecule has 0 aliphatic carbocycles. The first-order chi connectivity index (χ1) is 8.77. The molecule has 2 aromatic rings. The van der Waals surface area contributed by atoms with E-state index in [-0.39, 0.29) is 6.10 Å². The Kier molecular flexibility index (Phi) is 3.25. The molecule has 0 spiro atoms. The van der Waals surface area contributed by atoms with Gasteiger partial charge in [0.1, 0.15) is 6.10 Å². The average Bonchev–Trinajstić information content (AvgIpc) is 2.93. The first-order valence-corrected chi connectivity index (χ1v) is 6.62. The van der Waals surface area contributed by atoms with Gasteiger partial charge in [-0.25, -0.2) is 0 Å². The van der Waals surface area contributed by atoms with E-state index in [0.29, 0.717) is 5.02 Å². The van der Waals surface area contributed by atoms with Crippen LogP contribution in [0.2, 0.25) is 5.02 Å². The van der Waals surface area contributed by atoms with Gasteiger partial charge in [-0.05, 0) is 29.9 Å². The van der Waals surface area contributed by atoms with Crippen molar-refractivity contribution in [1.29, 1.82) is 0 Å². The topological polar surface area (TPSA) is 29.5 Å². The number of aliphatic hydroxyl groups is 1. The van der Waals surface area contributed by atoms with Crippen LogP contribution in [0.5, 0.6) is 0 Å². The highest BCUT2D eigenvalue weighted by Crippen LogP contribution is 2.34. The lowest BCUT2D eigenvalue weighted by molar-refractivity contribution is -0.00185. The zero-order chi connectivity index (χ0) is 12.5. The predicted molar refractivity (Wildman–Crippen MR) is 72.9 cm³/mol. The number of hydrogen-bond acceptors (Lipinski definition) is 2. The van der Waals surface area contributed by atoms with Crippen LogP contribution in [0.3, 0.4) is 0 Å². The monoisotopic (exact) mass is 262 g/mol. The van der Waals surface area contributed by atoms with Crippen LogP contribution in [0.15, 0.2) is 36.4 Å². The largest absolute Gasteiger partial charge is 0.386 e. The molecule has 1 aliphatic rings. The Hall–Kier alpha value is -1.09. The van der Waals surface area contributed by atoms with Crippen molar-refractivity contribution < 1.29 is 9.84 Å².